The molecule has 0 N–H and O–H groups in total. The zero-order valence-electron chi connectivity index (χ0n) is 32.2. The van der Waals surface area contributed by atoms with Crippen molar-refractivity contribution in [2.75, 3.05) is 24.6 Å². The van der Waals surface area contributed by atoms with Crippen molar-refractivity contribution < 1.29 is 14.1 Å². The molecule has 0 aliphatic heterocycles. The number of hydrogen-bond donors (Lipinski definition) is 0. The number of benzene rings is 1. The maximum atomic E-state index is 14.3. The van der Waals surface area contributed by atoms with Crippen LogP contribution < -0.4 is 4.74 Å². The molecular weight excluding hydrogens is 619 g/mol. The summed E-state index contributed by atoms with van der Waals surface area (Å²) in [7, 11) is 0. The van der Waals surface area contributed by atoms with Gasteiger partial charge in [-0.25, -0.2) is 0 Å². The Labute approximate surface area is 298 Å². The number of halogens is 1. The summed E-state index contributed by atoms with van der Waals surface area (Å²) in [6, 6.07) is 5.64. The number of carbonyl (C=O) groups excluding carboxylic acids is 1. The van der Waals surface area contributed by atoms with Crippen LogP contribution in [0.3, 0.4) is 0 Å². The van der Waals surface area contributed by atoms with Crippen LogP contribution in [0.2, 0.25) is 5.02 Å². The molecule has 0 aliphatic carbocycles. The third kappa shape index (κ3) is 19.3. The molecule has 0 spiro atoms. The standard InChI is InChI=1S/C42H78ClO3P/c1-7-11-15-19-23-27-33-47(34-28-24-20-16-12-8-2,35-29-25-21-17-13-9-3,36-30-26-22-18-14-10-4)46-42(44)39(6)45-41-32-31-40(43)37-38(41)5/h31-32,37,39H,7-30,33-36H2,1-6H3/t39-/m1/s1. The van der Waals surface area contributed by atoms with Gasteiger partial charge in [-0.2, -0.15) is 0 Å². The van der Waals surface area contributed by atoms with E-state index < -0.39 is 12.9 Å². The van der Waals surface area contributed by atoms with Crippen LogP contribution >= 0.6 is 18.4 Å². The summed E-state index contributed by atoms with van der Waals surface area (Å²) in [5, 5.41) is 0.686. The predicted octanol–water partition coefficient (Wildman–Crippen LogP) is 14.9. The number of unbranched alkanes of at least 4 members (excludes halogenated alkanes) is 20. The van der Waals surface area contributed by atoms with E-state index in [1.54, 1.807) is 0 Å². The molecule has 0 fully saturated rings. The fraction of sp³-hybridized carbons (Fsp3) is 0.833. The van der Waals surface area contributed by atoms with Crippen LogP contribution in [-0.4, -0.2) is 36.7 Å². The first kappa shape index (κ1) is 44.2. The molecule has 5 heteroatoms. The van der Waals surface area contributed by atoms with Crippen molar-refractivity contribution in [1.29, 1.82) is 0 Å². The number of ether oxygens (including phenoxy) is 1. The van der Waals surface area contributed by atoms with Crippen molar-refractivity contribution in [1.82, 2.24) is 0 Å². The van der Waals surface area contributed by atoms with E-state index in [1.165, 1.54) is 154 Å². The van der Waals surface area contributed by atoms with E-state index in [1.807, 2.05) is 32.0 Å². The van der Waals surface area contributed by atoms with Crippen LogP contribution in [0.1, 0.15) is 194 Å². The van der Waals surface area contributed by atoms with E-state index in [9.17, 15) is 4.79 Å². The second-order valence-corrected chi connectivity index (χ2v) is 21.0. The molecule has 0 saturated heterocycles. The fourth-order valence-corrected chi connectivity index (χ4v) is 14.0. The van der Waals surface area contributed by atoms with Crippen LogP contribution in [-0.2, 0) is 9.32 Å². The summed E-state index contributed by atoms with van der Waals surface area (Å²) in [4.78, 5) is 14.3. The Balaban J connectivity index is 3.39. The van der Waals surface area contributed by atoms with Crippen molar-refractivity contribution in [2.45, 2.75) is 202 Å². The van der Waals surface area contributed by atoms with Crippen LogP contribution in [0.15, 0.2) is 18.2 Å². The SMILES string of the molecule is CCCCCCCCP(CCCCCCCC)(CCCCCCCC)(CCCCCCCC)OC(=O)[C@@H](C)Oc1ccc(Cl)cc1C. The zero-order chi connectivity index (χ0) is 34.7. The van der Waals surface area contributed by atoms with Gasteiger partial charge in [-0.05, 0) is 0 Å². The Morgan fingerprint density at radius 2 is 0.936 bits per heavy atom. The molecule has 0 unspecified atom stereocenters. The summed E-state index contributed by atoms with van der Waals surface area (Å²) in [5.41, 5.74) is 0.952. The first-order valence-electron chi connectivity index (χ1n) is 20.4. The van der Waals surface area contributed by atoms with E-state index in [2.05, 4.69) is 27.7 Å². The molecule has 1 aromatic carbocycles. The van der Waals surface area contributed by atoms with E-state index in [4.69, 9.17) is 20.9 Å². The molecule has 276 valence electrons. The average molecular weight is 698 g/mol. The van der Waals surface area contributed by atoms with Gasteiger partial charge in [0.15, 0.2) is 0 Å². The van der Waals surface area contributed by atoms with E-state index in [-0.39, 0.29) is 5.97 Å². The number of hydrogen-bond acceptors (Lipinski definition) is 3. The summed E-state index contributed by atoms with van der Waals surface area (Å²) in [5.74, 6) is 0.587. The molecule has 0 radical (unpaired) electrons. The summed E-state index contributed by atoms with van der Waals surface area (Å²) in [6.45, 7) is 10.2. The van der Waals surface area contributed by atoms with Gasteiger partial charge in [0.05, 0.1) is 0 Å². The Bertz CT molecular complexity index is 844. The molecule has 0 heterocycles. The van der Waals surface area contributed by atoms with Crippen molar-refractivity contribution in [2.24, 2.45) is 0 Å². The van der Waals surface area contributed by atoms with Crippen LogP contribution in [0.25, 0.3) is 0 Å². The van der Waals surface area contributed by atoms with Crippen molar-refractivity contribution in [3.63, 3.8) is 0 Å². The van der Waals surface area contributed by atoms with Gasteiger partial charge in [0, 0.05) is 0 Å². The quantitative estimate of drug-likeness (QED) is 0.0555. The molecule has 3 nitrogen and oxygen atoms in total. The van der Waals surface area contributed by atoms with Gasteiger partial charge in [-0.3, -0.25) is 0 Å². The molecule has 0 amide bonds. The molecule has 0 aromatic heterocycles. The normalized spacial score (nSPS) is 13.3. The third-order valence-corrected chi connectivity index (χ3v) is 17.2. The topological polar surface area (TPSA) is 35.5 Å². The second-order valence-electron chi connectivity index (χ2n) is 14.9. The second kappa shape index (κ2) is 27.0. The Hall–Kier alpha value is -0.790. The van der Waals surface area contributed by atoms with Gasteiger partial charge in [0.25, 0.3) is 0 Å². The zero-order valence-corrected chi connectivity index (χ0v) is 33.8. The van der Waals surface area contributed by atoms with Gasteiger partial charge >= 0.3 is 299 Å². The van der Waals surface area contributed by atoms with Crippen LogP contribution in [0.4, 0.5) is 0 Å². The van der Waals surface area contributed by atoms with Gasteiger partial charge in [-0.15, -0.1) is 0 Å². The Morgan fingerprint density at radius 3 is 1.28 bits per heavy atom. The molecule has 1 rings (SSSR count). The summed E-state index contributed by atoms with van der Waals surface area (Å²) in [6.07, 6.45) is 34.5. The fourth-order valence-electron chi connectivity index (χ4n) is 7.33. The first-order valence-corrected chi connectivity index (χ1v) is 23.7. The maximum absolute atomic E-state index is 14.3. The third-order valence-electron chi connectivity index (χ3n) is 10.4. The molecule has 0 bridgehead atoms. The molecule has 47 heavy (non-hydrogen) atoms. The van der Waals surface area contributed by atoms with Crippen molar-refractivity contribution >= 4 is 24.4 Å². The van der Waals surface area contributed by atoms with Gasteiger partial charge in [0.1, 0.15) is 0 Å². The Morgan fingerprint density at radius 1 is 0.596 bits per heavy atom. The molecule has 1 aromatic rings. The van der Waals surface area contributed by atoms with Gasteiger partial charge in [-0.1, -0.05) is 0 Å². The van der Waals surface area contributed by atoms with E-state index in [0.717, 1.165) is 36.0 Å². The molecule has 0 saturated carbocycles. The van der Waals surface area contributed by atoms with E-state index >= 15 is 0 Å². The molecule has 0 aliphatic rings. The van der Waals surface area contributed by atoms with Crippen molar-refractivity contribution in [3.8, 4) is 5.75 Å². The molecular formula is C42H78ClO3P. The first-order chi connectivity index (χ1) is 22.7. The van der Waals surface area contributed by atoms with E-state index in [0.29, 0.717) is 5.02 Å². The monoisotopic (exact) mass is 697 g/mol. The number of aryl methyl sites for hydroxylation is 1. The van der Waals surface area contributed by atoms with Crippen LogP contribution in [0.5, 0.6) is 5.75 Å². The minimum atomic E-state index is -2.85. The van der Waals surface area contributed by atoms with Crippen LogP contribution in [0, 0.1) is 6.92 Å². The summed E-state index contributed by atoms with van der Waals surface area (Å²) < 4.78 is 13.6. The average Bonchev–Trinajstić information content (AvgIpc) is 3.05. The van der Waals surface area contributed by atoms with Crippen molar-refractivity contribution in [3.05, 3.63) is 28.8 Å². The summed E-state index contributed by atoms with van der Waals surface area (Å²) >= 11 is 6.23. The predicted molar refractivity (Wildman–Crippen MR) is 212 cm³/mol. The number of carbonyl (C=O) groups is 1. The Kier molecular flexibility index (Phi) is 25.4. The van der Waals surface area contributed by atoms with Gasteiger partial charge in [0.2, 0.25) is 0 Å². The minimum absolute atomic E-state index is 0.133. The van der Waals surface area contributed by atoms with Gasteiger partial charge < -0.3 is 0 Å². The molecule has 1 atom stereocenters. The number of rotatable bonds is 32.